The first kappa shape index (κ1) is 21.5. The van der Waals surface area contributed by atoms with Crippen LogP contribution >= 0.6 is 15.9 Å². The Morgan fingerprint density at radius 2 is 1.90 bits per heavy atom. The number of amides is 1. The SMILES string of the molecule is COc1cc(NC(=O)C2CCC(NCc3c(O)cc(O)cc3Br)CC2)ccc1C. The van der Waals surface area contributed by atoms with Crippen LogP contribution < -0.4 is 15.4 Å². The van der Waals surface area contributed by atoms with Gasteiger partial charge in [0.05, 0.1) is 7.11 Å². The van der Waals surface area contributed by atoms with E-state index in [1.165, 1.54) is 6.07 Å². The van der Waals surface area contributed by atoms with Gasteiger partial charge in [-0.2, -0.15) is 0 Å². The molecule has 0 bridgehead atoms. The number of nitrogens with one attached hydrogen (secondary N) is 2. The molecule has 1 aliphatic carbocycles. The molecule has 0 unspecified atom stereocenters. The summed E-state index contributed by atoms with van der Waals surface area (Å²) in [6.45, 7) is 2.46. The average molecular weight is 463 g/mol. The third kappa shape index (κ3) is 5.42. The monoisotopic (exact) mass is 462 g/mol. The van der Waals surface area contributed by atoms with E-state index >= 15 is 0 Å². The van der Waals surface area contributed by atoms with E-state index in [9.17, 15) is 15.0 Å². The summed E-state index contributed by atoms with van der Waals surface area (Å²) in [5.74, 6) is 0.892. The lowest BCUT2D eigenvalue weighted by Gasteiger charge is -2.29. The number of halogens is 1. The Morgan fingerprint density at radius 1 is 1.17 bits per heavy atom. The Kier molecular flexibility index (Phi) is 7.03. The van der Waals surface area contributed by atoms with Gasteiger partial charge in [0, 0.05) is 46.4 Å². The third-order valence-corrected chi connectivity index (χ3v) is 6.21. The quantitative estimate of drug-likeness (QED) is 0.508. The molecular formula is C22H27BrN2O4. The number of carbonyl (C=O) groups is 1. The van der Waals surface area contributed by atoms with Crippen LogP contribution in [-0.2, 0) is 11.3 Å². The van der Waals surface area contributed by atoms with Crippen LogP contribution in [0.1, 0.15) is 36.8 Å². The highest BCUT2D eigenvalue weighted by atomic mass is 79.9. The van der Waals surface area contributed by atoms with Crippen molar-refractivity contribution in [2.24, 2.45) is 5.92 Å². The van der Waals surface area contributed by atoms with E-state index < -0.39 is 0 Å². The van der Waals surface area contributed by atoms with Crippen molar-refractivity contribution in [3.63, 3.8) is 0 Å². The normalized spacial score (nSPS) is 19.0. The van der Waals surface area contributed by atoms with Crippen LogP contribution in [0.25, 0.3) is 0 Å². The Bertz CT molecular complexity index is 856. The summed E-state index contributed by atoms with van der Waals surface area (Å²) in [5, 5.41) is 26.0. The van der Waals surface area contributed by atoms with Crippen molar-refractivity contribution < 1.29 is 19.7 Å². The smallest absolute Gasteiger partial charge is 0.227 e. The zero-order valence-corrected chi connectivity index (χ0v) is 18.3. The molecule has 7 heteroatoms. The molecule has 29 heavy (non-hydrogen) atoms. The fourth-order valence-corrected chi connectivity index (χ4v) is 4.31. The molecule has 0 radical (unpaired) electrons. The summed E-state index contributed by atoms with van der Waals surface area (Å²) in [5.41, 5.74) is 2.50. The maximum atomic E-state index is 12.6. The van der Waals surface area contributed by atoms with Gasteiger partial charge in [0.1, 0.15) is 17.2 Å². The fraction of sp³-hybridized carbons (Fsp3) is 0.409. The standard InChI is InChI=1S/C22H27BrN2O4/c1-13-3-6-16(9-21(13)29-2)25-22(28)14-4-7-15(8-5-14)24-12-18-19(23)10-17(26)11-20(18)27/h3,6,9-11,14-15,24,26-27H,4-5,7-8,12H2,1-2H3,(H,25,28). The van der Waals surface area contributed by atoms with Gasteiger partial charge in [-0.1, -0.05) is 22.0 Å². The topological polar surface area (TPSA) is 90.8 Å². The largest absolute Gasteiger partial charge is 0.508 e. The second-order valence-corrected chi connectivity index (χ2v) is 8.38. The highest BCUT2D eigenvalue weighted by molar-refractivity contribution is 9.10. The average Bonchev–Trinajstić information content (AvgIpc) is 2.69. The van der Waals surface area contributed by atoms with E-state index in [0.29, 0.717) is 17.1 Å². The fourth-order valence-electron chi connectivity index (χ4n) is 3.73. The Morgan fingerprint density at radius 3 is 2.55 bits per heavy atom. The van der Waals surface area contributed by atoms with Crippen LogP contribution in [0.15, 0.2) is 34.8 Å². The molecular weight excluding hydrogens is 436 g/mol. The van der Waals surface area contributed by atoms with Gasteiger partial charge in [0.15, 0.2) is 0 Å². The highest BCUT2D eigenvalue weighted by Crippen LogP contribution is 2.32. The summed E-state index contributed by atoms with van der Waals surface area (Å²) in [6.07, 6.45) is 3.42. The minimum Gasteiger partial charge on any atom is -0.508 e. The van der Waals surface area contributed by atoms with Gasteiger partial charge < -0.3 is 25.6 Å². The third-order valence-electron chi connectivity index (χ3n) is 5.50. The van der Waals surface area contributed by atoms with E-state index in [1.54, 1.807) is 13.2 Å². The molecule has 0 heterocycles. The first-order valence-corrected chi connectivity index (χ1v) is 10.6. The second-order valence-electron chi connectivity index (χ2n) is 7.53. The zero-order chi connectivity index (χ0) is 21.0. The molecule has 1 amide bonds. The number of aryl methyl sites for hydroxylation is 1. The van der Waals surface area contributed by atoms with Gasteiger partial charge in [-0.25, -0.2) is 0 Å². The predicted molar refractivity (Wildman–Crippen MR) is 116 cm³/mol. The van der Waals surface area contributed by atoms with Crippen molar-refractivity contribution >= 4 is 27.5 Å². The van der Waals surface area contributed by atoms with Crippen LogP contribution in [0.3, 0.4) is 0 Å². The predicted octanol–water partition coefficient (Wildman–Crippen LogP) is 4.46. The number of benzene rings is 2. The number of hydrogen-bond donors (Lipinski definition) is 4. The van der Waals surface area contributed by atoms with Gasteiger partial charge in [-0.15, -0.1) is 0 Å². The molecule has 1 fully saturated rings. The van der Waals surface area contributed by atoms with Gasteiger partial charge in [0.25, 0.3) is 0 Å². The lowest BCUT2D eigenvalue weighted by molar-refractivity contribution is -0.120. The number of anilines is 1. The molecule has 0 saturated heterocycles. The summed E-state index contributed by atoms with van der Waals surface area (Å²) < 4.78 is 5.99. The zero-order valence-electron chi connectivity index (χ0n) is 16.7. The molecule has 0 aromatic heterocycles. The summed E-state index contributed by atoms with van der Waals surface area (Å²) in [6, 6.07) is 8.87. The molecule has 4 N–H and O–H groups in total. The number of phenolic OH excluding ortho intramolecular Hbond substituents is 2. The number of rotatable bonds is 6. The van der Waals surface area contributed by atoms with E-state index in [1.807, 2.05) is 25.1 Å². The molecule has 0 aliphatic heterocycles. The molecule has 2 aromatic carbocycles. The van der Waals surface area contributed by atoms with E-state index in [4.69, 9.17) is 4.74 Å². The minimum absolute atomic E-state index is 0.00541. The maximum absolute atomic E-state index is 12.6. The summed E-state index contributed by atoms with van der Waals surface area (Å²) in [4.78, 5) is 12.6. The van der Waals surface area contributed by atoms with E-state index in [-0.39, 0.29) is 23.3 Å². The van der Waals surface area contributed by atoms with Crippen LogP contribution in [0.5, 0.6) is 17.2 Å². The van der Waals surface area contributed by atoms with Gasteiger partial charge >= 0.3 is 0 Å². The Balaban J connectivity index is 1.49. The first-order valence-electron chi connectivity index (χ1n) is 9.76. The molecule has 1 saturated carbocycles. The van der Waals surface area contributed by atoms with E-state index in [2.05, 4.69) is 26.6 Å². The van der Waals surface area contributed by atoms with Gasteiger partial charge in [-0.3, -0.25) is 4.79 Å². The first-order chi connectivity index (χ1) is 13.9. The number of methoxy groups -OCH3 is 1. The van der Waals surface area contributed by atoms with Crippen molar-refractivity contribution in [3.8, 4) is 17.2 Å². The van der Waals surface area contributed by atoms with Crippen molar-refractivity contribution in [2.45, 2.75) is 45.2 Å². The van der Waals surface area contributed by atoms with Crippen molar-refractivity contribution in [2.75, 3.05) is 12.4 Å². The number of ether oxygens (including phenoxy) is 1. The van der Waals surface area contributed by atoms with Crippen molar-refractivity contribution in [3.05, 3.63) is 45.9 Å². The lowest BCUT2D eigenvalue weighted by atomic mass is 9.85. The van der Waals surface area contributed by atoms with Crippen LogP contribution in [0.2, 0.25) is 0 Å². The Hall–Kier alpha value is -2.25. The van der Waals surface area contributed by atoms with Crippen molar-refractivity contribution in [1.29, 1.82) is 0 Å². The molecule has 0 spiro atoms. The Labute approximate surface area is 179 Å². The number of aromatic hydroxyl groups is 2. The highest BCUT2D eigenvalue weighted by Gasteiger charge is 2.26. The van der Waals surface area contributed by atoms with Gasteiger partial charge in [0.2, 0.25) is 5.91 Å². The lowest BCUT2D eigenvalue weighted by Crippen LogP contribution is -2.36. The summed E-state index contributed by atoms with van der Waals surface area (Å²) >= 11 is 3.38. The van der Waals surface area contributed by atoms with Crippen molar-refractivity contribution in [1.82, 2.24) is 5.32 Å². The molecule has 156 valence electrons. The minimum atomic E-state index is -0.00541. The number of carbonyl (C=O) groups excluding carboxylic acids is 1. The van der Waals surface area contributed by atoms with Crippen LogP contribution in [0.4, 0.5) is 5.69 Å². The maximum Gasteiger partial charge on any atom is 0.227 e. The molecule has 1 aliphatic rings. The second kappa shape index (κ2) is 9.50. The number of phenols is 2. The molecule has 0 atom stereocenters. The van der Waals surface area contributed by atoms with Crippen LogP contribution in [-0.4, -0.2) is 29.3 Å². The summed E-state index contributed by atoms with van der Waals surface area (Å²) in [7, 11) is 1.62. The van der Waals surface area contributed by atoms with Gasteiger partial charge in [-0.05, 0) is 50.3 Å². The number of hydrogen-bond acceptors (Lipinski definition) is 5. The van der Waals surface area contributed by atoms with E-state index in [0.717, 1.165) is 48.2 Å². The molecule has 6 nitrogen and oxygen atoms in total. The molecule has 3 rings (SSSR count). The van der Waals surface area contributed by atoms with Crippen LogP contribution in [0, 0.1) is 12.8 Å². The molecule has 2 aromatic rings.